The monoisotopic (exact) mass is 460 g/mol. The van der Waals surface area contributed by atoms with Crippen LogP contribution < -0.4 is 10.2 Å². The Morgan fingerprint density at radius 3 is 2.50 bits per heavy atom. The van der Waals surface area contributed by atoms with Crippen LogP contribution in [0.2, 0.25) is 0 Å². The van der Waals surface area contributed by atoms with Gasteiger partial charge in [-0.05, 0) is 42.9 Å². The van der Waals surface area contributed by atoms with E-state index in [9.17, 15) is 4.79 Å². The third-order valence-electron chi connectivity index (χ3n) is 4.46. The standard InChI is InChI=1S/C21H21BrN2O3S/c1-14-18(20(25)27-13-12-26-2)19(16-10-6-7-11-17(16)22)23-21(28)24(14)15-8-4-3-5-9-15/h3-11,19H,12-13H2,1-2H3,(H,23,28). The average Bonchev–Trinajstić information content (AvgIpc) is 2.69. The second-order valence-corrected chi connectivity index (χ2v) is 7.44. The number of anilines is 1. The number of nitrogens with zero attached hydrogens (tertiary/aromatic N) is 1. The molecule has 1 unspecified atom stereocenters. The molecule has 0 saturated carbocycles. The zero-order valence-electron chi connectivity index (χ0n) is 15.6. The molecule has 2 aromatic rings. The summed E-state index contributed by atoms with van der Waals surface area (Å²) < 4.78 is 11.3. The number of thiocarbonyl (C=S) groups is 1. The van der Waals surface area contributed by atoms with Crippen molar-refractivity contribution in [1.29, 1.82) is 0 Å². The van der Waals surface area contributed by atoms with Crippen LogP contribution in [0.25, 0.3) is 0 Å². The predicted molar refractivity (Wildman–Crippen MR) is 117 cm³/mol. The summed E-state index contributed by atoms with van der Waals surface area (Å²) in [5.41, 5.74) is 3.04. The molecule has 2 aromatic carbocycles. The van der Waals surface area contributed by atoms with Gasteiger partial charge in [0.2, 0.25) is 0 Å². The largest absolute Gasteiger partial charge is 0.460 e. The summed E-state index contributed by atoms with van der Waals surface area (Å²) in [6.45, 7) is 2.41. The molecule has 0 spiro atoms. The van der Waals surface area contributed by atoms with Crippen LogP contribution in [0.4, 0.5) is 5.69 Å². The fourth-order valence-electron chi connectivity index (χ4n) is 3.13. The van der Waals surface area contributed by atoms with E-state index < -0.39 is 12.0 Å². The van der Waals surface area contributed by atoms with Crippen LogP contribution in [0, 0.1) is 0 Å². The van der Waals surface area contributed by atoms with Crippen LogP contribution in [-0.2, 0) is 14.3 Å². The van der Waals surface area contributed by atoms with Gasteiger partial charge in [-0.1, -0.05) is 52.3 Å². The highest BCUT2D eigenvalue weighted by atomic mass is 79.9. The maximum Gasteiger partial charge on any atom is 0.338 e. The summed E-state index contributed by atoms with van der Waals surface area (Å²) in [5.74, 6) is -0.397. The molecule has 7 heteroatoms. The van der Waals surface area contributed by atoms with Crippen molar-refractivity contribution in [2.24, 2.45) is 0 Å². The van der Waals surface area contributed by atoms with Crippen LogP contribution in [0.5, 0.6) is 0 Å². The third-order valence-corrected chi connectivity index (χ3v) is 5.48. The molecule has 1 aliphatic heterocycles. The van der Waals surface area contributed by atoms with Crippen LogP contribution >= 0.6 is 28.1 Å². The van der Waals surface area contributed by atoms with Gasteiger partial charge < -0.3 is 14.8 Å². The fourth-order valence-corrected chi connectivity index (χ4v) is 4.01. The number of methoxy groups -OCH3 is 1. The Balaban J connectivity index is 2.08. The summed E-state index contributed by atoms with van der Waals surface area (Å²) in [4.78, 5) is 14.9. The molecule has 0 radical (unpaired) electrons. The Kier molecular flexibility index (Phi) is 6.83. The molecule has 0 saturated heterocycles. The number of para-hydroxylation sites is 1. The van der Waals surface area contributed by atoms with Crippen molar-refractivity contribution in [3.63, 3.8) is 0 Å². The normalized spacial score (nSPS) is 16.8. The Morgan fingerprint density at radius 2 is 1.82 bits per heavy atom. The van der Waals surface area contributed by atoms with E-state index in [2.05, 4.69) is 21.2 Å². The average molecular weight is 461 g/mol. The van der Waals surface area contributed by atoms with Crippen molar-refractivity contribution >= 4 is 44.9 Å². The lowest BCUT2D eigenvalue weighted by atomic mass is 9.95. The molecule has 0 fully saturated rings. The molecule has 1 atom stereocenters. The molecule has 1 N–H and O–H groups in total. The molecule has 0 aliphatic carbocycles. The number of benzene rings is 2. The summed E-state index contributed by atoms with van der Waals surface area (Å²) in [6.07, 6.45) is 0. The number of nitrogens with one attached hydrogen (secondary N) is 1. The van der Waals surface area contributed by atoms with E-state index in [0.717, 1.165) is 21.4 Å². The Morgan fingerprint density at radius 1 is 1.14 bits per heavy atom. The van der Waals surface area contributed by atoms with Gasteiger partial charge in [-0.3, -0.25) is 4.90 Å². The maximum absolute atomic E-state index is 13.0. The zero-order valence-corrected chi connectivity index (χ0v) is 18.0. The number of hydrogen-bond acceptors (Lipinski definition) is 4. The lowest BCUT2D eigenvalue weighted by molar-refractivity contribution is -0.140. The highest BCUT2D eigenvalue weighted by Crippen LogP contribution is 2.36. The number of ether oxygens (including phenoxy) is 2. The Labute approximate surface area is 178 Å². The molecule has 5 nitrogen and oxygen atoms in total. The number of carbonyl (C=O) groups excluding carboxylic acids is 1. The molecule has 3 rings (SSSR count). The molecule has 0 amide bonds. The minimum atomic E-state index is -0.418. The van der Waals surface area contributed by atoms with Crippen molar-refractivity contribution in [1.82, 2.24) is 5.32 Å². The van der Waals surface area contributed by atoms with E-state index >= 15 is 0 Å². The first kappa shape index (κ1) is 20.5. The quantitative estimate of drug-likeness (QED) is 0.392. The first-order valence-electron chi connectivity index (χ1n) is 8.81. The van der Waals surface area contributed by atoms with Gasteiger partial charge in [0.25, 0.3) is 0 Å². The number of halogens is 1. The van der Waals surface area contributed by atoms with E-state index in [1.54, 1.807) is 7.11 Å². The van der Waals surface area contributed by atoms with Gasteiger partial charge >= 0.3 is 5.97 Å². The van der Waals surface area contributed by atoms with E-state index in [4.69, 9.17) is 21.7 Å². The van der Waals surface area contributed by atoms with Crippen molar-refractivity contribution in [2.45, 2.75) is 13.0 Å². The van der Waals surface area contributed by atoms with Crippen molar-refractivity contribution < 1.29 is 14.3 Å². The first-order valence-corrected chi connectivity index (χ1v) is 10.0. The van der Waals surface area contributed by atoms with Gasteiger partial charge in [0.1, 0.15) is 6.61 Å². The number of allylic oxidation sites excluding steroid dienone is 1. The number of hydrogen-bond donors (Lipinski definition) is 1. The molecule has 28 heavy (non-hydrogen) atoms. The first-order chi connectivity index (χ1) is 13.5. The number of esters is 1. The fraction of sp³-hybridized carbons (Fsp3) is 0.238. The SMILES string of the molecule is COCCOC(=O)C1=C(C)N(c2ccccc2)C(=S)NC1c1ccccc1Br. The van der Waals surface area contributed by atoms with E-state index in [-0.39, 0.29) is 6.61 Å². The summed E-state index contributed by atoms with van der Waals surface area (Å²) in [5, 5.41) is 3.84. The van der Waals surface area contributed by atoms with Crippen LogP contribution in [0.15, 0.2) is 70.3 Å². The van der Waals surface area contributed by atoms with Gasteiger partial charge in [0.15, 0.2) is 5.11 Å². The van der Waals surface area contributed by atoms with Gasteiger partial charge in [0, 0.05) is 23.0 Å². The molecule has 0 aromatic heterocycles. The molecule has 1 aliphatic rings. The molecular weight excluding hydrogens is 440 g/mol. The molecule has 1 heterocycles. The summed E-state index contributed by atoms with van der Waals surface area (Å²) >= 11 is 9.23. The van der Waals surface area contributed by atoms with Gasteiger partial charge in [-0.25, -0.2) is 4.79 Å². The maximum atomic E-state index is 13.0. The Bertz CT molecular complexity index is 902. The van der Waals surface area contributed by atoms with Crippen molar-refractivity contribution in [3.05, 3.63) is 75.9 Å². The highest BCUT2D eigenvalue weighted by molar-refractivity contribution is 9.10. The topological polar surface area (TPSA) is 50.8 Å². The lowest BCUT2D eigenvalue weighted by Crippen LogP contribution is -2.48. The molecule has 146 valence electrons. The minimum absolute atomic E-state index is 0.185. The van der Waals surface area contributed by atoms with Crippen LogP contribution in [0.1, 0.15) is 18.5 Å². The van der Waals surface area contributed by atoms with E-state index in [0.29, 0.717) is 17.3 Å². The van der Waals surface area contributed by atoms with E-state index in [1.807, 2.05) is 66.4 Å². The van der Waals surface area contributed by atoms with Gasteiger partial charge in [-0.15, -0.1) is 0 Å². The smallest absolute Gasteiger partial charge is 0.338 e. The second-order valence-electron chi connectivity index (χ2n) is 6.20. The van der Waals surface area contributed by atoms with Gasteiger partial charge in [-0.2, -0.15) is 0 Å². The van der Waals surface area contributed by atoms with Crippen LogP contribution in [0.3, 0.4) is 0 Å². The zero-order chi connectivity index (χ0) is 20.1. The highest BCUT2D eigenvalue weighted by Gasteiger charge is 2.36. The molecule has 0 bridgehead atoms. The minimum Gasteiger partial charge on any atom is -0.460 e. The van der Waals surface area contributed by atoms with E-state index in [1.165, 1.54) is 0 Å². The van der Waals surface area contributed by atoms with Crippen molar-refractivity contribution in [3.8, 4) is 0 Å². The lowest BCUT2D eigenvalue weighted by Gasteiger charge is -2.37. The molecular formula is C21H21BrN2O3S. The third kappa shape index (κ3) is 4.27. The summed E-state index contributed by atoms with van der Waals surface area (Å²) in [7, 11) is 1.57. The predicted octanol–water partition coefficient (Wildman–Crippen LogP) is 4.35. The number of rotatable bonds is 6. The Hall–Kier alpha value is -2.22. The second kappa shape index (κ2) is 9.32. The van der Waals surface area contributed by atoms with Gasteiger partial charge in [0.05, 0.1) is 18.2 Å². The van der Waals surface area contributed by atoms with Crippen molar-refractivity contribution in [2.75, 3.05) is 25.2 Å². The number of carbonyl (C=O) groups is 1. The summed E-state index contributed by atoms with van der Waals surface area (Å²) in [6, 6.07) is 17.0. The van der Waals surface area contributed by atoms with Crippen LogP contribution in [-0.4, -0.2) is 31.4 Å².